The van der Waals surface area contributed by atoms with Crippen LogP contribution in [-0.2, 0) is 14.3 Å². The highest BCUT2D eigenvalue weighted by atomic mass is 16.7. The van der Waals surface area contributed by atoms with Gasteiger partial charge in [-0.05, 0) is 20.3 Å². The third kappa shape index (κ3) is 3.80. The zero-order chi connectivity index (χ0) is 12.6. The maximum absolute atomic E-state index is 11.0. The molecule has 0 aliphatic carbocycles. The predicted octanol–water partition coefficient (Wildman–Crippen LogP) is 0.445. The van der Waals surface area contributed by atoms with E-state index in [-0.39, 0.29) is 12.8 Å². The van der Waals surface area contributed by atoms with Crippen LogP contribution < -0.4 is 5.11 Å². The molecule has 0 spiro atoms. The highest BCUT2D eigenvalue weighted by Gasteiger charge is 2.34. The summed E-state index contributed by atoms with van der Waals surface area (Å²) in [7, 11) is 0. The molecular formula is C11H18NO4-. The number of rotatable bonds is 8. The van der Waals surface area contributed by atoms with Gasteiger partial charge >= 0.3 is 0 Å². The molecule has 0 fully saturated rings. The number of carboxylic acid groups (broad SMARTS) is 1. The van der Waals surface area contributed by atoms with Gasteiger partial charge in [-0.15, -0.1) is 0 Å². The standard InChI is InChI=1S/C11H19NO4/c1-4-11(8-12,10(13)14)7-9(15-5-2)16-6-3/h9H,4-7H2,1-3H3,(H,13,14)/p-1. The van der Waals surface area contributed by atoms with Crippen LogP contribution in [0.5, 0.6) is 0 Å². The Balaban J connectivity index is 4.70. The zero-order valence-corrected chi connectivity index (χ0v) is 9.99. The lowest BCUT2D eigenvalue weighted by molar-refractivity contribution is -0.319. The molecule has 0 saturated heterocycles. The van der Waals surface area contributed by atoms with Crippen LogP contribution in [0, 0.1) is 16.7 Å². The lowest BCUT2D eigenvalue weighted by Gasteiger charge is -2.30. The van der Waals surface area contributed by atoms with Crippen molar-refractivity contribution >= 4 is 5.97 Å². The first kappa shape index (κ1) is 14.9. The lowest BCUT2D eigenvalue weighted by Crippen LogP contribution is -2.44. The summed E-state index contributed by atoms with van der Waals surface area (Å²) >= 11 is 0. The Labute approximate surface area is 96.0 Å². The van der Waals surface area contributed by atoms with Gasteiger partial charge < -0.3 is 19.4 Å². The average Bonchev–Trinajstić information content (AvgIpc) is 2.26. The van der Waals surface area contributed by atoms with Gasteiger partial charge in [0.2, 0.25) is 0 Å². The fraction of sp³-hybridized carbons (Fsp3) is 0.818. The molecule has 0 aromatic carbocycles. The van der Waals surface area contributed by atoms with Crippen molar-refractivity contribution in [1.29, 1.82) is 5.26 Å². The number of carbonyl (C=O) groups excluding carboxylic acids is 1. The molecule has 0 aliphatic rings. The van der Waals surface area contributed by atoms with Crippen molar-refractivity contribution in [2.24, 2.45) is 5.41 Å². The zero-order valence-electron chi connectivity index (χ0n) is 9.99. The van der Waals surface area contributed by atoms with Gasteiger partial charge in [0.05, 0.1) is 12.0 Å². The van der Waals surface area contributed by atoms with Gasteiger partial charge in [0.1, 0.15) is 5.41 Å². The van der Waals surface area contributed by atoms with Crippen molar-refractivity contribution in [2.45, 2.75) is 39.9 Å². The SMILES string of the molecule is CCOC(CC(C#N)(CC)C(=O)[O-])OCC. The van der Waals surface area contributed by atoms with Gasteiger partial charge in [-0.3, -0.25) is 0 Å². The molecule has 1 atom stereocenters. The number of hydrogen-bond acceptors (Lipinski definition) is 5. The first-order chi connectivity index (χ1) is 7.56. The first-order valence-electron chi connectivity index (χ1n) is 5.42. The van der Waals surface area contributed by atoms with E-state index in [0.717, 1.165) is 0 Å². The second kappa shape index (κ2) is 7.20. The molecule has 5 heteroatoms. The molecule has 0 aliphatic heterocycles. The monoisotopic (exact) mass is 228 g/mol. The number of carbonyl (C=O) groups is 1. The van der Waals surface area contributed by atoms with Gasteiger partial charge in [0.15, 0.2) is 6.29 Å². The highest BCUT2D eigenvalue weighted by Crippen LogP contribution is 2.28. The number of hydrogen-bond donors (Lipinski definition) is 0. The molecule has 0 radical (unpaired) electrons. The Morgan fingerprint density at radius 3 is 2.12 bits per heavy atom. The minimum Gasteiger partial charge on any atom is -0.548 e. The van der Waals surface area contributed by atoms with E-state index in [1.807, 2.05) is 0 Å². The molecule has 0 heterocycles. The Morgan fingerprint density at radius 1 is 1.38 bits per heavy atom. The van der Waals surface area contributed by atoms with E-state index in [0.29, 0.717) is 13.2 Å². The van der Waals surface area contributed by atoms with Gasteiger partial charge in [-0.25, -0.2) is 0 Å². The van der Waals surface area contributed by atoms with Crippen molar-refractivity contribution in [3.63, 3.8) is 0 Å². The minimum absolute atomic E-state index is 0.00991. The van der Waals surface area contributed by atoms with Gasteiger partial charge in [-0.2, -0.15) is 5.26 Å². The quantitative estimate of drug-likeness (QED) is 0.563. The molecule has 0 bridgehead atoms. The van der Waals surface area contributed by atoms with E-state index in [4.69, 9.17) is 14.7 Å². The fourth-order valence-corrected chi connectivity index (χ4v) is 1.36. The third-order valence-corrected chi connectivity index (χ3v) is 2.43. The van der Waals surface area contributed by atoms with Gasteiger partial charge in [0.25, 0.3) is 0 Å². The Kier molecular flexibility index (Phi) is 6.70. The minimum atomic E-state index is -1.53. The topological polar surface area (TPSA) is 82.4 Å². The van der Waals surface area contributed by atoms with Crippen LogP contribution in [0.3, 0.4) is 0 Å². The van der Waals surface area contributed by atoms with Crippen LogP contribution in [-0.4, -0.2) is 25.5 Å². The molecular weight excluding hydrogens is 210 g/mol. The summed E-state index contributed by atoms with van der Waals surface area (Å²) in [5.74, 6) is -1.37. The van der Waals surface area contributed by atoms with Crippen molar-refractivity contribution in [1.82, 2.24) is 0 Å². The molecule has 0 N–H and O–H groups in total. The first-order valence-corrected chi connectivity index (χ1v) is 5.42. The van der Waals surface area contributed by atoms with Crippen molar-refractivity contribution < 1.29 is 19.4 Å². The van der Waals surface area contributed by atoms with Crippen LogP contribution in [0.1, 0.15) is 33.6 Å². The number of nitriles is 1. The van der Waals surface area contributed by atoms with Crippen molar-refractivity contribution in [3.8, 4) is 6.07 Å². The van der Waals surface area contributed by atoms with Gasteiger partial charge in [0, 0.05) is 19.6 Å². The Hall–Kier alpha value is -1.12. The predicted molar refractivity (Wildman–Crippen MR) is 55.0 cm³/mol. The fourth-order valence-electron chi connectivity index (χ4n) is 1.36. The number of carboxylic acids is 1. The molecule has 0 rings (SSSR count). The highest BCUT2D eigenvalue weighted by molar-refractivity contribution is 5.75. The molecule has 0 amide bonds. The largest absolute Gasteiger partial charge is 0.548 e. The average molecular weight is 228 g/mol. The van der Waals surface area contributed by atoms with Gasteiger partial charge in [-0.1, -0.05) is 6.92 Å². The maximum Gasteiger partial charge on any atom is 0.159 e. The molecule has 92 valence electrons. The summed E-state index contributed by atoms with van der Waals surface area (Å²) in [5.41, 5.74) is -1.53. The smallest absolute Gasteiger partial charge is 0.159 e. The van der Waals surface area contributed by atoms with E-state index >= 15 is 0 Å². The van der Waals surface area contributed by atoms with Crippen LogP contribution in [0.2, 0.25) is 0 Å². The van der Waals surface area contributed by atoms with Crippen molar-refractivity contribution in [2.75, 3.05) is 13.2 Å². The van der Waals surface area contributed by atoms with E-state index in [9.17, 15) is 9.90 Å². The molecule has 1 unspecified atom stereocenters. The number of ether oxygens (including phenoxy) is 2. The normalized spacial score (nSPS) is 14.4. The van der Waals surface area contributed by atoms with E-state index < -0.39 is 17.7 Å². The Morgan fingerprint density at radius 2 is 1.88 bits per heavy atom. The van der Waals surface area contributed by atoms with E-state index in [1.54, 1.807) is 26.8 Å². The second-order valence-electron chi connectivity index (χ2n) is 3.38. The summed E-state index contributed by atoms with van der Waals surface area (Å²) in [4.78, 5) is 11.0. The van der Waals surface area contributed by atoms with Crippen LogP contribution >= 0.6 is 0 Å². The molecule has 0 saturated carbocycles. The van der Waals surface area contributed by atoms with Crippen LogP contribution in [0.4, 0.5) is 0 Å². The lowest BCUT2D eigenvalue weighted by atomic mass is 9.83. The number of aliphatic carboxylic acids is 1. The summed E-state index contributed by atoms with van der Waals surface area (Å²) in [6.07, 6.45) is -0.514. The van der Waals surface area contributed by atoms with E-state index in [2.05, 4.69) is 0 Å². The van der Waals surface area contributed by atoms with E-state index in [1.165, 1.54) is 0 Å². The summed E-state index contributed by atoms with van der Waals surface area (Å²) in [5, 5.41) is 19.9. The molecule has 0 aromatic heterocycles. The summed E-state index contributed by atoms with van der Waals surface area (Å²) < 4.78 is 10.5. The Bertz CT molecular complexity index is 255. The van der Waals surface area contributed by atoms with Crippen molar-refractivity contribution in [3.05, 3.63) is 0 Å². The maximum atomic E-state index is 11.0. The molecule has 16 heavy (non-hydrogen) atoms. The summed E-state index contributed by atoms with van der Waals surface area (Å²) in [6.45, 7) is 6.01. The second-order valence-corrected chi connectivity index (χ2v) is 3.38. The van der Waals surface area contributed by atoms with Crippen LogP contribution in [0.25, 0.3) is 0 Å². The third-order valence-electron chi connectivity index (χ3n) is 2.43. The van der Waals surface area contributed by atoms with Crippen LogP contribution in [0.15, 0.2) is 0 Å². The molecule has 5 nitrogen and oxygen atoms in total. The number of nitrogens with zero attached hydrogens (tertiary/aromatic N) is 1. The summed E-state index contributed by atoms with van der Waals surface area (Å²) in [6, 6.07) is 1.79. The molecule has 0 aromatic rings.